The van der Waals surface area contributed by atoms with Crippen LogP contribution in [0, 0.1) is 0 Å². The zero-order valence-corrected chi connectivity index (χ0v) is 9.87. The van der Waals surface area contributed by atoms with E-state index in [1.807, 2.05) is 0 Å². The summed E-state index contributed by atoms with van der Waals surface area (Å²) in [4.78, 5) is 0. The molecule has 0 saturated carbocycles. The molecule has 0 radical (unpaired) electrons. The smallest absolute Gasteiger partial charge is 0.0899 e. The molecule has 0 aromatic heterocycles. The highest BCUT2D eigenvalue weighted by atomic mass is 127. The molecule has 0 spiro atoms. The molecule has 2 nitrogen and oxygen atoms in total. The summed E-state index contributed by atoms with van der Waals surface area (Å²) in [5.74, 6) is 0. The first-order valence-corrected chi connectivity index (χ1v) is 6.27. The van der Waals surface area contributed by atoms with E-state index < -0.39 is 0 Å². The van der Waals surface area contributed by atoms with Crippen LogP contribution in [0.4, 0.5) is 0 Å². The Morgan fingerprint density at radius 2 is 1.40 bits per heavy atom. The molecule has 1 aliphatic heterocycles. The van der Waals surface area contributed by atoms with Crippen molar-refractivity contribution in [2.75, 3.05) is 22.1 Å². The molecular weight excluding hydrogens is 358 g/mol. The fourth-order valence-corrected chi connectivity index (χ4v) is 1.78. The van der Waals surface area contributed by atoms with Crippen LogP contribution in [0.15, 0.2) is 0 Å². The second kappa shape index (κ2) is 5.10. The third-order valence-corrected chi connectivity index (χ3v) is 3.34. The van der Waals surface area contributed by atoms with Crippen molar-refractivity contribution in [1.29, 1.82) is 0 Å². The molecule has 2 atom stereocenters. The molecule has 1 heterocycles. The third kappa shape index (κ3) is 2.78. The SMILES string of the molecule is ICC1COC(CI)CO1. The van der Waals surface area contributed by atoms with Crippen molar-refractivity contribution < 1.29 is 9.47 Å². The van der Waals surface area contributed by atoms with Crippen LogP contribution in [-0.4, -0.2) is 34.3 Å². The Labute approximate surface area is 88.3 Å². The van der Waals surface area contributed by atoms with E-state index in [0.29, 0.717) is 12.2 Å². The van der Waals surface area contributed by atoms with Gasteiger partial charge in [-0.25, -0.2) is 0 Å². The van der Waals surface area contributed by atoms with Gasteiger partial charge in [-0.15, -0.1) is 0 Å². The highest BCUT2D eigenvalue weighted by Gasteiger charge is 2.19. The van der Waals surface area contributed by atoms with E-state index in [1.54, 1.807) is 0 Å². The van der Waals surface area contributed by atoms with Crippen LogP contribution in [-0.2, 0) is 9.47 Å². The van der Waals surface area contributed by atoms with Crippen molar-refractivity contribution in [3.05, 3.63) is 0 Å². The van der Waals surface area contributed by atoms with Crippen LogP contribution in [0.2, 0.25) is 0 Å². The second-order valence-electron chi connectivity index (χ2n) is 2.22. The molecule has 0 aromatic rings. The van der Waals surface area contributed by atoms with E-state index >= 15 is 0 Å². The van der Waals surface area contributed by atoms with E-state index in [0.717, 1.165) is 22.1 Å². The van der Waals surface area contributed by atoms with Gasteiger partial charge in [-0.1, -0.05) is 45.2 Å². The molecule has 0 N–H and O–H groups in total. The van der Waals surface area contributed by atoms with E-state index in [9.17, 15) is 0 Å². The number of hydrogen-bond donors (Lipinski definition) is 0. The normalized spacial score (nSPS) is 34.2. The maximum absolute atomic E-state index is 5.49. The van der Waals surface area contributed by atoms with Crippen molar-refractivity contribution in [1.82, 2.24) is 0 Å². The Hall–Kier alpha value is 1.38. The summed E-state index contributed by atoms with van der Waals surface area (Å²) in [5.41, 5.74) is 0. The molecule has 1 saturated heterocycles. The fraction of sp³-hybridized carbons (Fsp3) is 1.00. The fourth-order valence-electron chi connectivity index (χ4n) is 0.761. The van der Waals surface area contributed by atoms with Gasteiger partial charge in [-0.2, -0.15) is 0 Å². The number of rotatable bonds is 2. The summed E-state index contributed by atoms with van der Waals surface area (Å²) in [7, 11) is 0. The molecule has 0 aliphatic carbocycles. The van der Waals surface area contributed by atoms with Crippen molar-refractivity contribution in [3.63, 3.8) is 0 Å². The minimum atomic E-state index is 0.333. The van der Waals surface area contributed by atoms with Gasteiger partial charge in [0, 0.05) is 8.86 Å². The molecular formula is C6H10I2O2. The lowest BCUT2D eigenvalue weighted by molar-refractivity contribution is -0.113. The Balaban J connectivity index is 2.17. The summed E-state index contributed by atoms with van der Waals surface area (Å²) in [6, 6.07) is 0. The monoisotopic (exact) mass is 368 g/mol. The topological polar surface area (TPSA) is 18.5 Å². The average molecular weight is 368 g/mol. The van der Waals surface area contributed by atoms with Crippen LogP contribution in [0.5, 0.6) is 0 Å². The first-order chi connectivity index (χ1) is 4.86. The summed E-state index contributed by atoms with van der Waals surface area (Å²) >= 11 is 4.64. The lowest BCUT2D eigenvalue weighted by Gasteiger charge is -2.27. The second-order valence-corrected chi connectivity index (χ2v) is 3.98. The lowest BCUT2D eigenvalue weighted by Crippen LogP contribution is -2.37. The van der Waals surface area contributed by atoms with Crippen molar-refractivity contribution in [2.45, 2.75) is 12.2 Å². The highest BCUT2D eigenvalue weighted by molar-refractivity contribution is 14.1. The third-order valence-electron chi connectivity index (χ3n) is 1.38. The molecule has 0 amide bonds. The molecule has 0 bridgehead atoms. The predicted molar refractivity (Wildman–Crippen MR) is 57.3 cm³/mol. The predicted octanol–water partition coefficient (Wildman–Crippen LogP) is 1.64. The van der Waals surface area contributed by atoms with E-state index in [2.05, 4.69) is 45.2 Å². The van der Waals surface area contributed by atoms with E-state index in [-0.39, 0.29) is 0 Å². The van der Waals surface area contributed by atoms with Crippen LogP contribution in [0.1, 0.15) is 0 Å². The van der Waals surface area contributed by atoms with Crippen molar-refractivity contribution in [2.24, 2.45) is 0 Å². The first-order valence-electron chi connectivity index (χ1n) is 3.22. The van der Waals surface area contributed by atoms with Crippen LogP contribution < -0.4 is 0 Å². The Morgan fingerprint density at radius 1 is 1.00 bits per heavy atom. The van der Waals surface area contributed by atoms with Crippen LogP contribution in [0.3, 0.4) is 0 Å². The number of hydrogen-bond acceptors (Lipinski definition) is 2. The van der Waals surface area contributed by atoms with E-state index in [4.69, 9.17) is 9.47 Å². The Bertz CT molecular complexity index is 79.7. The van der Waals surface area contributed by atoms with Crippen LogP contribution >= 0.6 is 45.2 Å². The molecule has 60 valence electrons. The number of halogens is 2. The number of ether oxygens (including phenoxy) is 2. The van der Waals surface area contributed by atoms with Gasteiger partial charge in [0.1, 0.15) is 0 Å². The average Bonchev–Trinajstić information content (AvgIpc) is 2.05. The lowest BCUT2D eigenvalue weighted by atomic mass is 10.3. The number of alkyl halides is 2. The molecule has 1 rings (SSSR count). The van der Waals surface area contributed by atoms with Crippen LogP contribution in [0.25, 0.3) is 0 Å². The van der Waals surface area contributed by atoms with Gasteiger partial charge in [-0.05, 0) is 0 Å². The standard InChI is InChI=1S/C6H10I2O2/c7-1-5-3-10-6(2-8)4-9-5/h5-6H,1-4H2. The zero-order chi connectivity index (χ0) is 7.40. The largest absolute Gasteiger partial charge is 0.372 e. The Morgan fingerprint density at radius 3 is 1.60 bits per heavy atom. The Kier molecular flexibility index (Phi) is 4.83. The minimum Gasteiger partial charge on any atom is -0.372 e. The molecule has 2 unspecified atom stereocenters. The van der Waals surface area contributed by atoms with Gasteiger partial charge in [0.2, 0.25) is 0 Å². The molecule has 10 heavy (non-hydrogen) atoms. The molecule has 1 aliphatic rings. The van der Waals surface area contributed by atoms with Gasteiger partial charge in [0.25, 0.3) is 0 Å². The minimum absolute atomic E-state index is 0.333. The zero-order valence-electron chi connectivity index (χ0n) is 5.56. The maximum Gasteiger partial charge on any atom is 0.0899 e. The maximum atomic E-state index is 5.49. The van der Waals surface area contributed by atoms with Gasteiger partial charge < -0.3 is 9.47 Å². The summed E-state index contributed by atoms with van der Waals surface area (Å²) in [5, 5.41) is 0. The molecule has 1 fully saturated rings. The molecule has 0 aromatic carbocycles. The van der Waals surface area contributed by atoms with Gasteiger partial charge in [0.05, 0.1) is 25.4 Å². The summed E-state index contributed by atoms with van der Waals surface area (Å²) in [6.45, 7) is 1.55. The van der Waals surface area contributed by atoms with Gasteiger partial charge in [0.15, 0.2) is 0 Å². The highest BCUT2D eigenvalue weighted by Crippen LogP contribution is 2.10. The summed E-state index contributed by atoms with van der Waals surface area (Å²) in [6.07, 6.45) is 0.666. The van der Waals surface area contributed by atoms with Crippen molar-refractivity contribution >= 4 is 45.2 Å². The summed E-state index contributed by atoms with van der Waals surface area (Å²) < 4.78 is 13.1. The quantitative estimate of drug-likeness (QED) is 0.545. The van der Waals surface area contributed by atoms with E-state index in [1.165, 1.54) is 0 Å². The van der Waals surface area contributed by atoms with Crippen molar-refractivity contribution in [3.8, 4) is 0 Å². The molecule has 4 heteroatoms. The first kappa shape index (κ1) is 9.47. The van der Waals surface area contributed by atoms with Gasteiger partial charge in [-0.3, -0.25) is 0 Å². The van der Waals surface area contributed by atoms with Gasteiger partial charge >= 0.3 is 0 Å².